The Morgan fingerprint density at radius 2 is 1.64 bits per heavy atom. The SMILES string of the molecule is Cc1ccc(C)c(CC(=O)N(CCN(C)C)c2nc3c(C)ccc(C)c3s2)c1. The standard InChI is InChI=1S/C23H29N3OS/c1-15-7-8-16(2)19(13-15)14-20(27)26(12-11-25(5)6)23-24-21-17(3)9-10-18(4)22(21)28-23/h7-10,13H,11-12,14H2,1-6H3. The minimum atomic E-state index is 0.102. The molecule has 0 unspecified atom stereocenters. The van der Waals surface area contributed by atoms with E-state index in [1.54, 1.807) is 11.3 Å². The lowest BCUT2D eigenvalue weighted by atomic mass is 10.0. The van der Waals surface area contributed by atoms with E-state index in [1.807, 2.05) is 19.0 Å². The van der Waals surface area contributed by atoms with Crippen LogP contribution in [0.3, 0.4) is 0 Å². The Kier molecular flexibility index (Phi) is 6.16. The zero-order valence-electron chi connectivity index (χ0n) is 17.7. The minimum absolute atomic E-state index is 0.102. The lowest BCUT2D eigenvalue weighted by molar-refractivity contribution is -0.118. The summed E-state index contributed by atoms with van der Waals surface area (Å²) in [6, 6.07) is 10.5. The molecule has 28 heavy (non-hydrogen) atoms. The van der Waals surface area contributed by atoms with Crippen LogP contribution in [0.5, 0.6) is 0 Å². The average molecular weight is 396 g/mol. The fourth-order valence-corrected chi connectivity index (χ4v) is 4.39. The molecule has 0 saturated carbocycles. The summed E-state index contributed by atoms with van der Waals surface area (Å²) in [5.41, 5.74) is 6.79. The van der Waals surface area contributed by atoms with Crippen molar-refractivity contribution < 1.29 is 4.79 Å². The minimum Gasteiger partial charge on any atom is -0.308 e. The second-order valence-corrected chi connectivity index (χ2v) is 8.81. The van der Waals surface area contributed by atoms with Crippen molar-refractivity contribution in [3.63, 3.8) is 0 Å². The van der Waals surface area contributed by atoms with Crippen LogP contribution >= 0.6 is 11.3 Å². The van der Waals surface area contributed by atoms with E-state index in [9.17, 15) is 4.79 Å². The van der Waals surface area contributed by atoms with Gasteiger partial charge in [0, 0.05) is 13.1 Å². The Bertz CT molecular complexity index is 967. The Hall–Kier alpha value is -2.24. The number of aromatic nitrogens is 1. The summed E-state index contributed by atoms with van der Waals surface area (Å²) in [6.07, 6.45) is 0.398. The van der Waals surface area contributed by atoms with Crippen molar-refractivity contribution in [3.05, 3.63) is 58.1 Å². The first-order valence-electron chi connectivity index (χ1n) is 9.64. The number of hydrogen-bond acceptors (Lipinski definition) is 4. The number of rotatable bonds is 6. The maximum atomic E-state index is 13.3. The van der Waals surface area contributed by atoms with E-state index in [4.69, 9.17) is 4.98 Å². The van der Waals surface area contributed by atoms with Crippen LogP contribution in [-0.2, 0) is 11.2 Å². The van der Waals surface area contributed by atoms with Gasteiger partial charge in [0.2, 0.25) is 5.91 Å². The molecule has 0 aliphatic carbocycles. The Labute approximate surface area is 171 Å². The number of carbonyl (C=O) groups excluding carboxylic acids is 1. The van der Waals surface area contributed by atoms with Crippen molar-refractivity contribution in [2.75, 3.05) is 32.1 Å². The van der Waals surface area contributed by atoms with Crippen LogP contribution in [0.25, 0.3) is 10.2 Å². The molecule has 0 spiro atoms. The third-order valence-electron chi connectivity index (χ3n) is 5.08. The highest BCUT2D eigenvalue weighted by atomic mass is 32.1. The Morgan fingerprint density at radius 1 is 0.964 bits per heavy atom. The molecule has 148 valence electrons. The zero-order chi connectivity index (χ0) is 20.4. The van der Waals surface area contributed by atoms with E-state index in [-0.39, 0.29) is 5.91 Å². The molecule has 0 atom stereocenters. The second kappa shape index (κ2) is 8.41. The van der Waals surface area contributed by atoms with E-state index in [0.29, 0.717) is 13.0 Å². The monoisotopic (exact) mass is 395 g/mol. The predicted octanol–water partition coefficient (Wildman–Crippen LogP) is 4.67. The summed E-state index contributed by atoms with van der Waals surface area (Å²) in [7, 11) is 4.06. The Morgan fingerprint density at radius 3 is 2.32 bits per heavy atom. The summed E-state index contributed by atoms with van der Waals surface area (Å²) in [5, 5.41) is 0.796. The van der Waals surface area contributed by atoms with Crippen molar-refractivity contribution in [1.29, 1.82) is 0 Å². The molecule has 1 amide bonds. The van der Waals surface area contributed by atoms with Crippen LogP contribution in [-0.4, -0.2) is 43.0 Å². The van der Waals surface area contributed by atoms with Gasteiger partial charge in [0.05, 0.1) is 16.6 Å². The molecule has 0 radical (unpaired) electrons. The number of anilines is 1. The maximum Gasteiger partial charge on any atom is 0.233 e. The smallest absolute Gasteiger partial charge is 0.233 e. The molecule has 4 nitrogen and oxygen atoms in total. The van der Waals surface area contributed by atoms with Crippen molar-refractivity contribution in [2.24, 2.45) is 0 Å². The van der Waals surface area contributed by atoms with Gasteiger partial charge in [-0.15, -0.1) is 0 Å². The van der Waals surface area contributed by atoms with E-state index in [0.717, 1.165) is 33.9 Å². The predicted molar refractivity (Wildman–Crippen MR) is 120 cm³/mol. The van der Waals surface area contributed by atoms with Gasteiger partial charge < -0.3 is 4.90 Å². The van der Waals surface area contributed by atoms with Gasteiger partial charge in [0.15, 0.2) is 5.13 Å². The summed E-state index contributed by atoms with van der Waals surface area (Å²) in [4.78, 5) is 22.1. The molecule has 0 bridgehead atoms. The number of hydrogen-bond donors (Lipinski definition) is 0. The number of nitrogens with zero attached hydrogens (tertiary/aromatic N) is 3. The van der Waals surface area contributed by atoms with Crippen LogP contribution in [0.2, 0.25) is 0 Å². The number of fused-ring (bicyclic) bond motifs is 1. The average Bonchev–Trinajstić information content (AvgIpc) is 3.07. The van der Waals surface area contributed by atoms with Crippen LogP contribution in [0.1, 0.15) is 27.8 Å². The molecule has 3 rings (SSSR count). The zero-order valence-corrected chi connectivity index (χ0v) is 18.5. The molecule has 1 heterocycles. The van der Waals surface area contributed by atoms with Gasteiger partial charge >= 0.3 is 0 Å². The first kappa shape index (κ1) is 20.5. The van der Waals surface area contributed by atoms with Gasteiger partial charge in [-0.1, -0.05) is 47.2 Å². The number of thiazole rings is 1. The third-order valence-corrected chi connectivity index (χ3v) is 6.29. The molecule has 1 aromatic heterocycles. The maximum absolute atomic E-state index is 13.3. The molecule has 3 aromatic rings. The van der Waals surface area contributed by atoms with Gasteiger partial charge in [0.25, 0.3) is 0 Å². The second-order valence-electron chi connectivity index (χ2n) is 7.83. The largest absolute Gasteiger partial charge is 0.308 e. The highest BCUT2D eigenvalue weighted by Gasteiger charge is 2.21. The Balaban J connectivity index is 1.96. The molecular formula is C23H29N3OS. The molecule has 0 N–H and O–H groups in total. The summed E-state index contributed by atoms with van der Waals surface area (Å²) < 4.78 is 1.17. The van der Waals surface area contributed by atoms with Gasteiger partial charge in [-0.2, -0.15) is 0 Å². The van der Waals surface area contributed by atoms with Crippen molar-refractivity contribution >= 4 is 32.6 Å². The third kappa shape index (κ3) is 4.42. The first-order chi connectivity index (χ1) is 13.3. The van der Waals surface area contributed by atoms with E-state index >= 15 is 0 Å². The quantitative estimate of drug-likeness (QED) is 0.609. The molecular weight excluding hydrogens is 366 g/mol. The van der Waals surface area contributed by atoms with Crippen molar-refractivity contribution in [1.82, 2.24) is 9.88 Å². The molecule has 0 fully saturated rings. The van der Waals surface area contributed by atoms with Gasteiger partial charge in [-0.05, 0) is 64.0 Å². The number of likely N-dealkylation sites (N-methyl/N-ethyl adjacent to an activating group) is 1. The molecule has 0 aliphatic rings. The van der Waals surface area contributed by atoms with Crippen molar-refractivity contribution in [3.8, 4) is 0 Å². The number of aryl methyl sites for hydroxylation is 4. The summed E-state index contributed by atoms with van der Waals surface area (Å²) in [6.45, 7) is 9.74. The van der Waals surface area contributed by atoms with E-state index < -0.39 is 0 Å². The molecule has 5 heteroatoms. The van der Waals surface area contributed by atoms with Crippen LogP contribution in [0, 0.1) is 27.7 Å². The molecule has 0 aliphatic heterocycles. The topological polar surface area (TPSA) is 36.4 Å². The van der Waals surface area contributed by atoms with Crippen molar-refractivity contribution in [2.45, 2.75) is 34.1 Å². The highest BCUT2D eigenvalue weighted by molar-refractivity contribution is 7.22. The van der Waals surface area contributed by atoms with Gasteiger partial charge in [0.1, 0.15) is 0 Å². The number of amides is 1. The van der Waals surface area contributed by atoms with Gasteiger partial charge in [-0.3, -0.25) is 9.69 Å². The fraction of sp³-hybridized carbons (Fsp3) is 0.391. The highest BCUT2D eigenvalue weighted by Crippen LogP contribution is 2.33. The summed E-state index contributed by atoms with van der Waals surface area (Å²) >= 11 is 1.62. The number of carbonyl (C=O) groups is 1. The van der Waals surface area contributed by atoms with E-state index in [1.165, 1.54) is 15.8 Å². The van der Waals surface area contributed by atoms with Crippen LogP contribution in [0.4, 0.5) is 5.13 Å². The lowest BCUT2D eigenvalue weighted by Crippen LogP contribution is -2.37. The van der Waals surface area contributed by atoms with Crippen LogP contribution < -0.4 is 4.90 Å². The van der Waals surface area contributed by atoms with Crippen LogP contribution in [0.15, 0.2) is 30.3 Å². The normalized spacial score (nSPS) is 11.4. The molecule has 2 aromatic carbocycles. The van der Waals surface area contributed by atoms with E-state index in [2.05, 4.69) is 62.9 Å². The fourth-order valence-electron chi connectivity index (χ4n) is 3.24. The van der Waals surface area contributed by atoms with Gasteiger partial charge in [-0.25, -0.2) is 4.98 Å². The molecule has 0 saturated heterocycles. The lowest BCUT2D eigenvalue weighted by Gasteiger charge is -2.22. The first-order valence-corrected chi connectivity index (χ1v) is 10.5. The summed E-state index contributed by atoms with van der Waals surface area (Å²) in [5.74, 6) is 0.102. The number of benzene rings is 2.